The standard InChI is InChI=1S/C16H20FNO2/c17-14-3-1-2-11(8-14)4-7-15(19)18-9-12-5-6-13(10-18)16(12)20/h1-3,8,12-13,16,20H,4-7,9-10H2/t12-,13+,16?. The lowest BCUT2D eigenvalue weighted by molar-refractivity contribution is -0.135. The quantitative estimate of drug-likeness (QED) is 0.918. The predicted molar refractivity (Wildman–Crippen MR) is 73.5 cm³/mol. The summed E-state index contributed by atoms with van der Waals surface area (Å²) in [5, 5.41) is 9.97. The van der Waals surface area contributed by atoms with Gasteiger partial charge in [0.2, 0.25) is 5.91 Å². The number of amides is 1. The summed E-state index contributed by atoms with van der Waals surface area (Å²) in [5.74, 6) is 0.380. The van der Waals surface area contributed by atoms with Gasteiger partial charge in [0.15, 0.2) is 0 Å². The van der Waals surface area contributed by atoms with Crippen molar-refractivity contribution in [3.05, 3.63) is 35.6 Å². The van der Waals surface area contributed by atoms with E-state index in [1.165, 1.54) is 12.1 Å². The Balaban J connectivity index is 1.55. The zero-order chi connectivity index (χ0) is 14.1. The number of halogens is 1. The van der Waals surface area contributed by atoms with E-state index in [0.717, 1.165) is 18.4 Å². The van der Waals surface area contributed by atoms with Gasteiger partial charge < -0.3 is 10.0 Å². The third kappa shape index (κ3) is 2.70. The highest BCUT2D eigenvalue weighted by molar-refractivity contribution is 5.76. The number of aryl methyl sites for hydroxylation is 1. The molecule has 1 saturated heterocycles. The molecule has 2 aliphatic rings. The smallest absolute Gasteiger partial charge is 0.222 e. The zero-order valence-corrected chi connectivity index (χ0v) is 11.5. The summed E-state index contributed by atoms with van der Waals surface area (Å²) in [6.45, 7) is 1.36. The van der Waals surface area contributed by atoms with Crippen LogP contribution in [0, 0.1) is 17.7 Å². The van der Waals surface area contributed by atoms with Crippen molar-refractivity contribution in [3.8, 4) is 0 Å². The molecule has 3 nitrogen and oxygen atoms in total. The topological polar surface area (TPSA) is 40.5 Å². The Kier molecular flexibility index (Phi) is 3.74. The van der Waals surface area contributed by atoms with Crippen LogP contribution in [0.1, 0.15) is 24.8 Å². The molecule has 3 rings (SSSR count). The van der Waals surface area contributed by atoms with Crippen molar-refractivity contribution in [2.75, 3.05) is 13.1 Å². The van der Waals surface area contributed by atoms with Crippen molar-refractivity contribution in [1.82, 2.24) is 4.90 Å². The highest BCUT2D eigenvalue weighted by atomic mass is 19.1. The van der Waals surface area contributed by atoms with E-state index in [9.17, 15) is 14.3 Å². The van der Waals surface area contributed by atoms with Gasteiger partial charge in [-0.05, 0) is 37.0 Å². The second-order valence-corrected chi connectivity index (χ2v) is 6.02. The first-order valence-electron chi connectivity index (χ1n) is 7.34. The molecule has 108 valence electrons. The monoisotopic (exact) mass is 277 g/mol. The van der Waals surface area contributed by atoms with E-state index < -0.39 is 0 Å². The van der Waals surface area contributed by atoms with Crippen molar-refractivity contribution in [1.29, 1.82) is 0 Å². The second-order valence-electron chi connectivity index (χ2n) is 6.02. The lowest BCUT2D eigenvalue weighted by atomic mass is 9.94. The van der Waals surface area contributed by atoms with Crippen LogP contribution in [0.2, 0.25) is 0 Å². The molecule has 0 radical (unpaired) electrons. The van der Waals surface area contributed by atoms with Crippen LogP contribution < -0.4 is 0 Å². The molecule has 0 spiro atoms. The number of nitrogens with zero attached hydrogens (tertiary/aromatic N) is 1. The molecule has 2 fully saturated rings. The maximum absolute atomic E-state index is 13.1. The number of hydrogen-bond donors (Lipinski definition) is 1. The first-order valence-corrected chi connectivity index (χ1v) is 7.34. The number of likely N-dealkylation sites (tertiary alicyclic amines) is 1. The minimum absolute atomic E-state index is 0.123. The largest absolute Gasteiger partial charge is 0.392 e. The summed E-state index contributed by atoms with van der Waals surface area (Å²) in [6, 6.07) is 6.42. The van der Waals surface area contributed by atoms with Crippen molar-refractivity contribution in [2.45, 2.75) is 31.8 Å². The summed E-state index contributed by atoms with van der Waals surface area (Å²) in [4.78, 5) is 14.1. The van der Waals surface area contributed by atoms with Gasteiger partial charge in [0.25, 0.3) is 0 Å². The van der Waals surface area contributed by atoms with Gasteiger partial charge in [-0.25, -0.2) is 4.39 Å². The third-order valence-electron chi connectivity index (χ3n) is 4.65. The van der Waals surface area contributed by atoms with Crippen LogP contribution in [0.15, 0.2) is 24.3 Å². The summed E-state index contributed by atoms with van der Waals surface area (Å²) in [6.07, 6.45) is 2.82. The number of carbonyl (C=O) groups excluding carboxylic acids is 1. The van der Waals surface area contributed by atoms with Gasteiger partial charge in [0.05, 0.1) is 6.10 Å². The number of carbonyl (C=O) groups is 1. The molecule has 1 unspecified atom stereocenters. The number of piperidine rings is 1. The third-order valence-corrected chi connectivity index (χ3v) is 4.65. The fourth-order valence-electron chi connectivity index (χ4n) is 3.50. The van der Waals surface area contributed by atoms with Crippen molar-refractivity contribution >= 4 is 5.91 Å². The van der Waals surface area contributed by atoms with E-state index in [1.807, 2.05) is 11.0 Å². The molecule has 1 heterocycles. The SMILES string of the molecule is O=C(CCc1cccc(F)c1)N1C[C@H]2CC[C@@H](C1)C2O. The highest BCUT2D eigenvalue weighted by Gasteiger charge is 2.41. The molecule has 1 aliphatic carbocycles. The summed E-state index contributed by atoms with van der Waals surface area (Å²) in [5.41, 5.74) is 0.860. The van der Waals surface area contributed by atoms with Crippen LogP contribution in [0.3, 0.4) is 0 Å². The molecule has 20 heavy (non-hydrogen) atoms. The van der Waals surface area contributed by atoms with E-state index >= 15 is 0 Å². The average molecular weight is 277 g/mol. The molecule has 2 bridgehead atoms. The van der Waals surface area contributed by atoms with Gasteiger partial charge in [-0.2, -0.15) is 0 Å². The van der Waals surface area contributed by atoms with Crippen LogP contribution >= 0.6 is 0 Å². The Bertz CT molecular complexity index is 491. The van der Waals surface area contributed by atoms with Gasteiger partial charge in [-0.1, -0.05) is 12.1 Å². The van der Waals surface area contributed by atoms with Gasteiger partial charge in [0, 0.05) is 31.3 Å². The molecule has 1 aromatic rings. The Morgan fingerprint density at radius 1 is 1.30 bits per heavy atom. The first kappa shape index (κ1) is 13.6. The van der Waals surface area contributed by atoms with Crippen molar-refractivity contribution < 1.29 is 14.3 Å². The molecule has 1 N–H and O–H groups in total. The maximum Gasteiger partial charge on any atom is 0.222 e. The predicted octanol–water partition coefficient (Wildman–Crippen LogP) is 1.99. The number of aliphatic hydroxyl groups is 1. The normalized spacial score (nSPS) is 28.7. The van der Waals surface area contributed by atoms with E-state index in [-0.39, 0.29) is 29.7 Å². The number of rotatable bonds is 3. The van der Waals surface area contributed by atoms with Gasteiger partial charge in [0.1, 0.15) is 5.82 Å². The molecular formula is C16H20FNO2. The molecule has 4 heteroatoms. The minimum Gasteiger partial charge on any atom is -0.392 e. The van der Waals surface area contributed by atoms with Crippen LogP contribution in [0.4, 0.5) is 4.39 Å². The average Bonchev–Trinajstić information content (AvgIpc) is 2.66. The van der Waals surface area contributed by atoms with Crippen LogP contribution in [-0.2, 0) is 11.2 Å². The minimum atomic E-state index is -0.255. The van der Waals surface area contributed by atoms with Crippen LogP contribution in [0.5, 0.6) is 0 Å². The van der Waals surface area contributed by atoms with Crippen molar-refractivity contribution in [2.24, 2.45) is 11.8 Å². The summed E-state index contributed by atoms with van der Waals surface area (Å²) in [7, 11) is 0. The molecule has 1 saturated carbocycles. The summed E-state index contributed by atoms with van der Waals surface area (Å²) >= 11 is 0. The highest BCUT2D eigenvalue weighted by Crippen LogP contribution is 2.36. The number of benzene rings is 1. The van der Waals surface area contributed by atoms with E-state index in [2.05, 4.69) is 0 Å². The number of aliphatic hydroxyl groups excluding tert-OH is 1. The molecular weight excluding hydrogens is 257 g/mol. The maximum atomic E-state index is 13.1. The Labute approximate surface area is 118 Å². The second kappa shape index (κ2) is 5.52. The van der Waals surface area contributed by atoms with E-state index in [0.29, 0.717) is 25.9 Å². The molecule has 0 aromatic heterocycles. The van der Waals surface area contributed by atoms with Gasteiger partial charge in [-0.15, -0.1) is 0 Å². The van der Waals surface area contributed by atoms with Gasteiger partial charge in [-0.3, -0.25) is 4.79 Å². The van der Waals surface area contributed by atoms with Gasteiger partial charge >= 0.3 is 0 Å². The van der Waals surface area contributed by atoms with Crippen LogP contribution in [-0.4, -0.2) is 35.1 Å². The van der Waals surface area contributed by atoms with E-state index in [1.54, 1.807) is 6.07 Å². The first-order chi connectivity index (χ1) is 9.63. The van der Waals surface area contributed by atoms with E-state index in [4.69, 9.17) is 0 Å². The molecule has 1 aromatic carbocycles. The summed E-state index contributed by atoms with van der Waals surface area (Å²) < 4.78 is 13.1. The molecule has 1 amide bonds. The molecule has 1 aliphatic heterocycles. The molecule has 3 atom stereocenters. The zero-order valence-electron chi connectivity index (χ0n) is 11.5. The lowest BCUT2D eigenvalue weighted by Gasteiger charge is -2.35. The Morgan fingerprint density at radius 2 is 2.00 bits per heavy atom. The Morgan fingerprint density at radius 3 is 2.65 bits per heavy atom. The fraction of sp³-hybridized carbons (Fsp3) is 0.562. The van der Waals surface area contributed by atoms with Crippen LogP contribution in [0.25, 0.3) is 0 Å². The number of hydrogen-bond acceptors (Lipinski definition) is 2. The lowest BCUT2D eigenvalue weighted by Crippen LogP contribution is -2.47. The van der Waals surface area contributed by atoms with Crippen molar-refractivity contribution in [3.63, 3.8) is 0 Å². The number of fused-ring (bicyclic) bond motifs is 2. The fourth-order valence-corrected chi connectivity index (χ4v) is 3.50. The Hall–Kier alpha value is -1.42.